The fourth-order valence-corrected chi connectivity index (χ4v) is 5.67. The molecular formula is C23H28FN5O5S. The Morgan fingerprint density at radius 2 is 1.80 bits per heavy atom. The molecule has 1 aromatic carbocycles. The molecule has 1 fully saturated rings. The maximum atomic E-state index is 13.5. The molecule has 0 radical (unpaired) electrons. The van der Waals surface area contributed by atoms with E-state index in [0.717, 1.165) is 18.8 Å². The number of ether oxygens (including phenoxy) is 3. The van der Waals surface area contributed by atoms with Gasteiger partial charge in [-0.2, -0.15) is 0 Å². The molecule has 0 amide bonds. The summed E-state index contributed by atoms with van der Waals surface area (Å²) in [5.41, 5.74) is 0.525. The molecule has 3 aromatic rings. The van der Waals surface area contributed by atoms with E-state index in [1.807, 2.05) is 0 Å². The standard InChI is InChI=1S/C23H28FN5O5S/c1-14(22-25-10-17(24)11-26-22)15(2)35(30,31)13-20-27-28-23(16-8-9-34-12-16)29(20)21-18(32-3)6-5-7-19(21)33-4/h5-7,10-11,14-16H,8-9,12-13H2,1-4H3/t14-,15-,16+/m0/s1. The van der Waals surface area contributed by atoms with Crippen molar-refractivity contribution < 1.29 is 27.0 Å². The van der Waals surface area contributed by atoms with Crippen LogP contribution in [0, 0.1) is 5.82 Å². The molecule has 10 nitrogen and oxygen atoms in total. The molecule has 0 saturated carbocycles. The second-order valence-electron chi connectivity index (χ2n) is 8.44. The van der Waals surface area contributed by atoms with Crippen molar-refractivity contribution in [2.24, 2.45) is 0 Å². The lowest BCUT2D eigenvalue weighted by Crippen LogP contribution is -2.27. The van der Waals surface area contributed by atoms with E-state index in [0.29, 0.717) is 36.2 Å². The van der Waals surface area contributed by atoms with Crippen molar-refractivity contribution in [3.05, 3.63) is 53.9 Å². The molecule has 188 valence electrons. The van der Waals surface area contributed by atoms with Crippen molar-refractivity contribution in [3.8, 4) is 17.2 Å². The zero-order valence-corrected chi connectivity index (χ0v) is 20.8. The van der Waals surface area contributed by atoms with E-state index in [-0.39, 0.29) is 23.3 Å². The number of para-hydroxylation sites is 1. The monoisotopic (exact) mass is 505 g/mol. The highest BCUT2D eigenvalue weighted by Gasteiger charge is 2.34. The molecule has 1 aliphatic heterocycles. The molecule has 4 rings (SSSR count). The third-order valence-corrected chi connectivity index (χ3v) is 8.53. The van der Waals surface area contributed by atoms with Crippen LogP contribution in [0.15, 0.2) is 30.6 Å². The zero-order chi connectivity index (χ0) is 25.2. The summed E-state index contributed by atoms with van der Waals surface area (Å²) in [4.78, 5) is 7.91. The predicted molar refractivity (Wildman–Crippen MR) is 125 cm³/mol. The lowest BCUT2D eigenvalue weighted by Gasteiger charge is -2.21. The lowest BCUT2D eigenvalue weighted by molar-refractivity contribution is 0.193. The summed E-state index contributed by atoms with van der Waals surface area (Å²) >= 11 is 0. The van der Waals surface area contributed by atoms with Gasteiger partial charge in [0.15, 0.2) is 21.5 Å². The number of methoxy groups -OCH3 is 2. The average molecular weight is 506 g/mol. The molecule has 0 unspecified atom stereocenters. The van der Waals surface area contributed by atoms with Gasteiger partial charge in [-0.1, -0.05) is 13.0 Å². The Hall–Kier alpha value is -3.12. The lowest BCUT2D eigenvalue weighted by atomic mass is 10.1. The molecule has 2 aromatic heterocycles. The van der Waals surface area contributed by atoms with Gasteiger partial charge in [-0.25, -0.2) is 22.8 Å². The molecule has 35 heavy (non-hydrogen) atoms. The summed E-state index contributed by atoms with van der Waals surface area (Å²) in [6.45, 7) is 4.33. The van der Waals surface area contributed by atoms with Crippen LogP contribution in [0.1, 0.15) is 49.6 Å². The number of hydrogen-bond acceptors (Lipinski definition) is 9. The molecule has 1 saturated heterocycles. The number of benzene rings is 1. The second-order valence-corrected chi connectivity index (χ2v) is 10.8. The maximum absolute atomic E-state index is 13.5. The van der Waals surface area contributed by atoms with Gasteiger partial charge in [-0.05, 0) is 25.5 Å². The van der Waals surface area contributed by atoms with Crippen LogP contribution in [-0.4, -0.2) is 65.8 Å². The van der Waals surface area contributed by atoms with Crippen molar-refractivity contribution in [2.75, 3.05) is 27.4 Å². The first kappa shape index (κ1) is 25.0. The van der Waals surface area contributed by atoms with Gasteiger partial charge in [0.2, 0.25) is 0 Å². The first-order valence-corrected chi connectivity index (χ1v) is 12.9. The van der Waals surface area contributed by atoms with Crippen molar-refractivity contribution in [2.45, 2.75) is 43.1 Å². The third-order valence-electron chi connectivity index (χ3n) is 6.32. The third kappa shape index (κ3) is 4.98. The highest BCUT2D eigenvalue weighted by Crippen LogP contribution is 2.37. The van der Waals surface area contributed by atoms with Gasteiger partial charge in [0.05, 0.1) is 38.5 Å². The van der Waals surface area contributed by atoms with Crippen LogP contribution in [-0.2, 0) is 20.3 Å². The Kier molecular flexibility index (Phi) is 7.31. The fraction of sp³-hybridized carbons (Fsp3) is 0.478. The van der Waals surface area contributed by atoms with E-state index >= 15 is 0 Å². The molecule has 0 N–H and O–H groups in total. The Morgan fingerprint density at radius 3 is 2.37 bits per heavy atom. The van der Waals surface area contributed by atoms with E-state index in [9.17, 15) is 12.8 Å². The molecule has 3 atom stereocenters. The highest BCUT2D eigenvalue weighted by atomic mass is 32.2. The van der Waals surface area contributed by atoms with E-state index in [1.54, 1.807) is 36.6 Å². The fourth-order valence-electron chi connectivity index (χ4n) is 4.11. The van der Waals surface area contributed by atoms with Gasteiger partial charge in [0.1, 0.15) is 34.6 Å². The molecule has 0 spiro atoms. The molecule has 1 aliphatic rings. The Bertz CT molecular complexity index is 1250. The SMILES string of the molecule is COc1cccc(OC)c1-n1c(CS(=O)(=O)[C@@H](C)[C@H](C)c2ncc(F)cn2)nnc1[C@@H]1CCOC1. The smallest absolute Gasteiger partial charge is 0.160 e. The summed E-state index contributed by atoms with van der Waals surface area (Å²) in [5.74, 6) is 0.442. The van der Waals surface area contributed by atoms with E-state index in [4.69, 9.17) is 14.2 Å². The van der Waals surface area contributed by atoms with Crippen LogP contribution < -0.4 is 9.47 Å². The van der Waals surface area contributed by atoms with Crippen LogP contribution in [0.5, 0.6) is 11.5 Å². The Balaban J connectivity index is 1.76. The van der Waals surface area contributed by atoms with Crippen LogP contribution >= 0.6 is 0 Å². The first-order valence-electron chi connectivity index (χ1n) is 11.2. The number of hydrogen-bond donors (Lipinski definition) is 0. The summed E-state index contributed by atoms with van der Waals surface area (Å²) in [5, 5.41) is 7.79. The first-order chi connectivity index (χ1) is 16.8. The van der Waals surface area contributed by atoms with Gasteiger partial charge in [-0.3, -0.25) is 4.57 Å². The van der Waals surface area contributed by atoms with Crippen LogP contribution in [0.2, 0.25) is 0 Å². The van der Waals surface area contributed by atoms with Crippen LogP contribution in [0.4, 0.5) is 4.39 Å². The van der Waals surface area contributed by atoms with Crippen LogP contribution in [0.25, 0.3) is 5.69 Å². The predicted octanol–water partition coefficient (Wildman–Crippen LogP) is 2.82. The van der Waals surface area contributed by atoms with E-state index in [1.165, 1.54) is 14.2 Å². The topological polar surface area (TPSA) is 118 Å². The minimum Gasteiger partial charge on any atom is -0.494 e. The summed E-state index contributed by atoms with van der Waals surface area (Å²) in [6, 6.07) is 5.32. The van der Waals surface area contributed by atoms with Crippen molar-refractivity contribution in [3.63, 3.8) is 0 Å². The van der Waals surface area contributed by atoms with Crippen molar-refractivity contribution in [1.82, 2.24) is 24.7 Å². The quantitative estimate of drug-likeness (QED) is 0.432. The van der Waals surface area contributed by atoms with Crippen molar-refractivity contribution >= 4 is 9.84 Å². The average Bonchev–Trinajstić information content (AvgIpc) is 3.52. The molecule has 0 bridgehead atoms. The summed E-state index contributed by atoms with van der Waals surface area (Å²) in [7, 11) is -0.697. The van der Waals surface area contributed by atoms with Gasteiger partial charge in [0, 0.05) is 18.4 Å². The van der Waals surface area contributed by atoms with E-state index in [2.05, 4.69) is 20.2 Å². The number of halogens is 1. The minimum absolute atomic E-state index is 0.0578. The van der Waals surface area contributed by atoms with Gasteiger partial charge >= 0.3 is 0 Å². The maximum Gasteiger partial charge on any atom is 0.160 e. The Morgan fingerprint density at radius 1 is 1.14 bits per heavy atom. The number of aromatic nitrogens is 5. The highest BCUT2D eigenvalue weighted by molar-refractivity contribution is 7.91. The number of rotatable bonds is 9. The van der Waals surface area contributed by atoms with E-state index < -0.39 is 26.8 Å². The van der Waals surface area contributed by atoms with Gasteiger partial charge < -0.3 is 14.2 Å². The van der Waals surface area contributed by atoms with Crippen molar-refractivity contribution in [1.29, 1.82) is 0 Å². The second kappa shape index (κ2) is 10.2. The Labute approximate surface area is 203 Å². The molecular weight excluding hydrogens is 477 g/mol. The molecule has 0 aliphatic carbocycles. The van der Waals surface area contributed by atoms with Gasteiger partial charge in [-0.15, -0.1) is 10.2 Å². The normalized spacial score (nSPS) is 17.8. The molecule has 3 heterocycles. The van der Waals surface area contributed by atoms with Gasteiger partial charge in [0.25, 0.3) is 0 Å². The zero-order valence-electron chi connectivity index (χ0n) is 20.0. The summed E-state index contributed by atoms with van der Waals surface area (Å²) < 4.78 is 58.7. The number of nitrogens with zero attached hydrogens (tertiary/aromatic N) is 5. The minimum atomic E-state index is -3.76. The number of sulfone groups is 1. The van der Waals surface area contributed by atoms with Crippen LogP contribution in [0.3, 0.4) is 0 Å². The molecule has 12 heteroatoms. The summed E-state index contributed by atoms with van der Waals surface area (Å²) in [6.07, 6.45) is 2.79. The largest absolute Gasteiger partial charge is 0.494 e.